The molecule has 1 aromatic heterocycles. The van der Waals surface area contributed by atoms with Gasteiger partial charge in [0, 0.05) is 30.4 Å². The molecule has 0 aliphatic heterocycles. The summed E-state index contributed by atoms with van der Waals surface area (Å²) >= 11 is 0. The molecule has 4 N–H and O–H groups in total. The first kappa shape index (κ1) is 25.3. The monoisotopic (exact) mass is 491 g/mol. The van der Waals surface area contributed by atoms with E-state index in [0.717, 1.165) is 28.7 Å². The predicted octanol–water partition coefficient (Wildman–Crippen LogP) is 3.60. The summed E-state index contributed by atoms with van der Waals surface area (Å²) in [5.41, 5.74) is 8.86. The highest BCUT2D eigenvalue weighted by Gasteiger charge is 2.34. The van der Waals surface area contributed by atoms with E-state index in [9.17, 15) is 9.59 Å². The maximum atomic E-state index is 12.6. The summed E-state index contributed by atoms with van der Waals surface area (Å²) in [5, 5.41) is 6.06. The van der Waals surface area contributed by atoms with Gasteiger partial charge in [0.2, 0.25) is 0 Å². The first-order valence-electron chi connectivity index (χ1n) is 12.0. The lowest BCUT2D eigenvalue weighted by Gasteiger charge is -2.31. The van der Waals surface area contributed by atoms with Crippen molar-refractivity contribution >= 4 is 18.2 Å². The van der Waals surface area contributed by atoms with Crippen molar-refractivity contribution in [1.82, 2.24) is 15.6 Å². The number of benzene rings is 3. The van der Waals surface area contributed by atoms with Crippen molar-refractivity contribution < 1.29 is 9.59 Å². The molecule has 0 radical (unpaired) electrons. The van der Waals surface area contributed by atoms with Gasteiger partial charge in [0.25, 0.3) is 5.91 Å². The number of carbonyl (C=O) groups excluding carboxylic acids is 2. The van der Waals surface area contributed by atoms with Crippen molar-refractivity contribution in [2.24, 2.45) is 10.7 Å². The zero-order valence-corrected chi connectivity index (χ0v) is 20.4. The SMILES string of the molecule is NC(=NCc1cccc(C(=O)NCCc2ccccn2)c1)NC(C=O)(c1ccccc1)c1ccccc1. The van der Waals surface area contributed by atoms with Gasteiger partial charge in [-0.05, 0) is 41.0 Å². The minimum atomic E-state index is -1.19. The normalized spacial score (nSPS) is 11.5. The lowest BCUT2D eigenvalue weighted by molar-refractivity contribution is -0.111. The van der Waals surface area contributed by atoms with Crippen LogP contribution in [0.15, 0.2) is 114 Å². The molecule has 1 heterocycles. The van der Waals surface area contributed by atoms with Gasteiger partial charge in [-0.2, -0.15) is 0 Å². The number of hydrogen-bond acceptors (Lipinski definition) is 4. The van der Waals surface area contributed by atoms with E-state index in [-0.39, 0.29) is 18.4 Å². The molecule has 0 saturated heterocycles. The first-order chi connectivity index (χ1) is 18.1. The van der Waals surface area contributed by atoms with Gasteiger partial charge in [-0.3, -0.25) is 14.6 Å². The smallest absolute Gasteiger partial charge is 0.251 e. The minimum absolute atomic E-state index is 0.116. The second-order valence-corrected chi connectivity index (χ2v) is 8.51. The highest BCUT2D eigenvalue weighted by Crippen LogP contribution is 2.27. The van der Waals surface area contributed by atoms with Gasteiger partial charge in [-0.15, -0.1) is 0 Å². The van der Waals surface area contributed by atoms with Gasteiger partial charge in [-0.25, -0.2) is 4.99 Å². The zero-order chi connectivity index (χ0) is 25.9. The Morgan fingerprint density at radius 3 is 2.19 bits per heavy atom. The number of rotatable bonds is 10. The molecule has 7 heteroatoms. The fourth-order valence-corrected chi connectivity index (χ4v) is 4.06. The van der Waals surface area contributed by atoms with Crippen LogP contribution in [0.5, 0.6) is 0 Å². The standard InChI is InChI=1S/C30H29N5O2/c31-29(35-30(22-36,25-12-3-1-4-13-25)26-14-5-2-6-15-26)34-21-23-10-9-11-24(20-23)28(37)33-19-17-27-16-7-8-18-32-27/h1-16,18,20,22H,17,19,21H2,(H,33,37)(H3,31,34,35). The van der Waals surface area contributed by atoms with E-state index in [0.29, 0.717) is 18.5 Å². The third kappa shape index (κ3) is 6.46. The van der Waals surface area contributed by atoms with Gasteiger partial charge in [0.05, 0.1) is 6.54 Å². The second-order valence-electron chi connectivity index (χ2n) is 8.51. The van der Waals surface area contributed by atoms with Gasteiger partial charge in [-0.1, -0.05) is 78.9 Å². The van der Waals surface area contributed by atoms with E-state index in [4.69, 9.17) is 5.73 Å². The van der Waals surface area contributed by atoms with Gasteiger partial charge in [0.15, 0.2) is 12.2 Å². The summed E-state index contributed by atoms with van der Waals surface area (Å²) in [6.07, 6.45) is 3.23. The zero-order valence-electron chi connectivity index (χ0n) is 20.4. The number of aldehydes is 1. The van der Waals surface area contributed by atoms with Crippen LogP contribution in [0.25, 0.3) is 0 Å². The van der Waals surface area contributed by atoms with Crippen molar-refractivity contribution in [3.8, 4) is 0 Å². The number of aliphatic imine (C=N–C) groups is 1. The minimum Gasteiger partial charge on any atom is -0.370 e. The number of nitrogens with one attached hydrogen (secondary N) is 2. The summed E-state index contributed by atoms with van der Waals surface area (Å²) in [5.74, 6) is -0.0500. The van der Waals surface area contributed by atoms with Crippen LogP contribution in [0.2, 0.25) is 0 Å². The maximum absolute atomic E-state index is 12.6. The number of amides is 1. The topological polar surface area (TPSA) is 109 Å². The quantitative estimate of drug-likeness (QED) is 0.178. The second kappa shape index (κ2) is 12.3. The molecule has 37 heavy (non-hydrogen) atoms. The van der Waals surface area contributed by atoms with E-state index in [1.807, 2.05) is 91.0 Å². The summed E-state index contributed by atoms with van der Waals surface area (Å²) in [6.45, 7) is 0.730. The number of nitrogens with two attached hydrogens (primary N) is 1. The molecule has 0 fully saturated rings. The molecule has 1 amide bonds. The number of pyridine rings is 1. The molecule has 0 atom stereocenters. The molecule has 0 aliphatic rings. The Morgan fingerprint density at radius 2 is 1.57 bits per heavy atom. The van der Waals surface area contributed by atoms with E-state index in [2.05, 4.69) is 20.6 Å². The molecule has 0 unspecified atom stereocenters. The summed E-state index contributed by atoms with van der Waals surface area (Å²) in [6, 6.07) is 31.7. The maximum Gasteiger partial charge on any atom is 0.251 e. The average Bonchev–Trinajstić information content (AvgIpc) is 2.96. The van der Waals surface area contributed by atoms with Crippen molar-refractivity contribution in [2.45, 2.75) is 18.5 Å². The van der Waals surface area contributed by atoms with E-state index in [1.165, 1.54) is 0 Å². The third-order valence-electron chi connectivity index (χ3n) is 5.97. The van der Waals surface area contributed by atoms with Crippen LogP contribution >= 0.6 is 0 Å². The highest BCUT2D eigenvalue weighted by atomic mass is 16.1. The molecule has 7 nitrogen and oxygen atoms in total. The highest BCUT2D eigenvalue weighted by molar-refractivity contribution is 5.94. The first-order valence-corrected chi connectivity index (χ1v) is 12.0. The van der Waals surface area contributed by atoms with Crippen LogP contribution in [0.1, 0.15) is 32.7 Å². The van der Waals surface area contributed by atoms with Crippen molar-refractivity contribution in [2.75, 3.05) is 6.54 Å². The van der Waals surface area contributed by atoms with Crippen LogP contribution in [-0.2, 0) is 23.3 Å². The molecule has 0 spiro atoms. The van der Waals surface area contributed by atoms with E-state index in [1.54, 1.807) is 18.3 Å². The summed E-state index contributed by atoms with van der Waals surface area (Å²) < 4.78 is 0. The fourth-order valence-electron chi connectivity index (χ4n) is 4.06. The van der Waals surface area contributed by atoms with Crippen molar-refractivity contribution in [3.63, 3.8) is 0 Å². The van der Waals surface area contributed by atoms with Crippen LogP contribution in [0.4, 0.5) is 0 Å². The van der Waals surface area contributed by atoms with Crippen molar-refractivity contribution in [3.05, 3.63) is 137 Å². The van der Waals surface area contributed by atoms with Crippen LogP contribution in [0, 0.1) is 0 Å². The van der Waals surface area contributed by atoms with Crippen LogP contribution < -0.4 is 16.4 Å². The Bertz CT molecular complexity index is 1300. The Morgan fingerprint density at radius 1 is 0.892 bits per heavy atom. The molecular formula is C30H29N5O2. The van der Waals surface area contributed by atoms with Gasteiger partial charge >= 0.3 is 0 Å². The molecule has 0 aliphatic carbocycles. The Labute approximate surface area is 216 Å². The number of nitrogens with zero attached hydrogens (tertiary/aromatic N) is 2. The Kier molecular flexibility index (Phi) is 8.39. The lowest BCUT2D eigenvalue weighted by atomic mass is 9.84. The fraction of sp³-hybridized carbons (Fsp3) is 0.133. The predicted molar refractivity (Wildman–Crippen MR) is 145 cm³/mol. The van der Waals surface area contributed by atoms with Crippen LogP contribution in [-0.4, -0.2) is 29.7 Å². The van der Waals surface area contributed by atoms with Crippen molar-refractivity contribution in [1.29, 1.82) is 0 Å². The summed E-state index contributed by atoms with van der Waals surface area (Å²) in [7, 11) is 0. The molecule has 186 valence electrons. The Hall–Kier alpha value is -4.78. The number of aromatic nitrogens is 1. The summed E-state index contributed by atoms with van der Waals surface area (Å²) in [4.78, 5) is 33.9. The molecule has 4 aromatic rings. The van der Waals surface area contributed by atoms with Gasteiger partial charge < -0.3 is 16.4 Å². The molecule has 0 saturated carbocycles. The molecule has 0 bridgehead atoms. The van der Waals surface area contributed by atoms with E-state index >= 15 is 0 Å². The number of guanidine groups is 1. The molecule has 3 aromatic carbocycles. The van der Waals surface area contributed by atoms with E-state index < -0.39 is 5.54 Å². The Balaban J connectivity index is 1.45. The largest absolute Gasteiger partial charge is 0.370 e. The number of hydrogen-bond donors (Lipinski definition) is 3. The molecular weight excluding hydrogens is 462 g/mol. The lowest BCUT2D eigenvalue weighted by Crippen LogP contribution is -2.51. The van der Waals surface area contributed by atoms with Crippen LogP contribution in [0.3, 0.4) is 0 Å². The van der Waals surface area contributed by atoms with Gasteiger partial charge in [0.1, 0.15) is 5.54 Å². The average molecular weight is 492 g/mol. The third-order valence-corrected chi connectivity index (χ3v) is 5.97. The molecule has 4 rings (SSSR count). The number of carbonyl (C=O) groups is 2.